The van der Waals surface area contributed by atoms with E-state index in [2.05, 4.69) is 10.5 Å². The second-order valence-electron chi connectivity index (χ2n) is 6.26. The zero-order valence-electron chi connectivity index (χ0n) is 14.6. The number of anilines is 1. The molecule has 134 valence electrons. The van der Waals surface area contributed by atoms with Crippen molar-refractivity contribution in [3.63, 3.8) is 0 Å². The van der Waals surface area contributed by atoms with Crippen LogP contribution >= 0.6 is 0 Å². The van der Waals surface area contributed by atoms with Crippen LogP contribution in [0, 0.1) is 18.7 Å². The lowest BCUT2D eigenvalue weighted by Gasteiger charge is -2.23. The van der Waals surface area contributed by atoms with Gasteiger partial charge in [0.1, 0.15) is 18.1 Å². The Morgan fingerprint density at radius 2 is 2.04 bits per heavy atom. The number of aryl methyl sites for hydroxylation is 1. The first-order chi connectivity index (χ1) is 11.9. The van der Waals surface area contributed by atoms with Gasteiger partial charge in [0.05, 0.1) is 5.56 Å². The summed E-state index contributed by atoms with van der Waals surface area (Å²) in [6, 6.07) is 7.33. The molecule has 1 heterocycles. The number of nitrogens with zero attached hydrogens (tertiary/aromatic N) is 2. The van der Waals surface area contributed by atoms with Gasteiger partial charge in [0.25, 0.3) is 5.91 Å². The summed E-state index contributed by atoms with van der Waals surface area (Å²) in [5, 5.41) is 6.25. The number of amides is 2. The van der Waals surface area contributed by atoms with Gasteiger partial charge in [-0.05, 0) is 31.4 Å². The highest BCUT2D eigenvalue weighted by atomic mass is 19.1. The number of hydrogen-bond donors (Lipinski definition) is 1. The van der Waals surface area contributed by atoms with Gasteiger partial charge in [0.15, 0.2) is 5.82 Å². The average molecular weight is 347 g/mol. The van der Waals surface area contributed by atoms with Crippen molar-refractivity contribution in [1.29, 1.82) is 0 Å². The van der Waals surface area contributed by atoms with Crippen LogP contribution in [0.1, 0.15) is 36.4 Å². The summed E-state index contributed by atoms with van der Waals surface area (Å²) in [5.74, 6) is -0.335. The minimum atomic E-state index is -0.602. The largest absolute Gasteiger partial charge is 0.360 e. The number of benzene rings is 1. The van der Waals surface area contributed by atoms with E-state index in [9.17, 15) is 14.0 Å². The lowest BCUT2D eigenvalue weighted by Crippen LogP contribution is -2.39. The zero-order chi connectivity index (χ0) is 18.4. The summed E-state index contributed by atoms with van der Waals surface area (Å²) < 4.78 is 18.8. The van der Waals surface area contributed by atoms with Crippen molar-refractivity contribution in [2.75, 3.05) is 18.4 Å². The number of halogens is 1. The third-order valence-corrected chi connectivity index (χ3v) is 3.60. The van der Waals surface area contributed by atoms with E-state index in [-0.39, 0.29) is 17.9 Å². The molecule has 0 spiro atoms. The third kappa shape index (κ3) is 5.41. The van der Waals surface area contributed by atoms with E-state index in [1.165, 1.54) is 23.1 Å². The Labute approximate surface area is 146 Å². The van der Waals surface area contributed by atoms with Gasteiger partial charge in [-0.1, -0.05) is 31.1 Å². The smallest absolute Gasteiger partial charge is 0.257 e. The van der Waals surface area contributed by atoms with Gasteiger partial charge < -0.3 is 14.7 Å². The number of carbonyl (C=O) groups excluding carboxylic acids is 2. The topological polar surface area (TPSA) is 75.4 Å². The maximum Gasteiger partial charge on any atom is 0.257 e. The summed E-state index contributed by atoms with van der Waals surface area (Å²) in [7, 11) is 0. The van der Waals surface area contributed by atoms with Crippen LogP contribution in [0.5, 0.6) is 0 Å². The SMILES string of the molecule is Cc1cc(NC(=O)CN(CCC(C)C)C(=O)c2ccccc2F)no1. The van der Waals surface area contributed by atoms with Gasteiger partial charge in [0, 0.05) is 12.6 Å². The minimum Gasteiger partial charge on any atom is -0.360 e. The van der Waals surface area contributed by atoms with Crippen molar-refractivity contribution in [2.24, 2.45) is 5.92 Å². The van der Waals surface area contributed by atoms with Crippen molar-refractivity contribution in [2.45, 2.75) is 27.2 Å². The molecule has 0 unspecified atom stereocenters. The fraction of sp³-hybridized carbons (Fsp3) is 0.389. The van der Waals surface area contributed by atoms with Crippen molar-refractivity contribution in [1.82, 2.24) is 10.1 Å². The Morgan fingerprint density at radius 3 is 2.64 bits per heavy atom. The molecule has 2 amide bonds. The first-order valence-corrected chi connectivity index (χ1v) is 8.13. The zero-order valence-corrected chi connectivity index (χ0v) is 14.6. The average Bonchev–Trinajstić information content (AvgIpc) is 2.96. The van der Waals surface area contributed by atoms with E-state index < -0.39 is 17.6 Å². The molecule has 2 rings (SSSR count). The number of hydrogen-bond acceptors (Lipinski definition) is 4. The molecule has 0 aliphatic carbocycles. The van der Waals surface area contributed by atoms with Gasteiger partial charge in [-0.2, -0.15) is 0 Å². The van der Waals surface area contributed by atoms with Crippen LogP contribution in [0.4, 0.5) is 10.2 Å². The molecular formula is C18H22FN3O3. The van der Waals surface area contributed by atoms with Gasteiger partial charge >= 0.3 is 0 Å². The van der Waals surface area contributed by atoms with Gasteiger partial charge in [-0.3, -0.25) is 9.59 Å². The van der Waals surface area contributed by atoms with Crippen molar-refractivity contribution in [3.8, 4) is 0 Å². The fourth-order valence-corrected chi connectivity index (χ4v) is 2.25. The van der Waals surface area contributed by atoms with Crippen LogP contribution in [-0.2, 0) is 4.79 Å². The molecule has 6 nitrogen and oxygen atoms in total. The van der Waals surface area contributed by atoms with Crippen LogP contribution in [0.25, 0.3) is 0 Å². The first-order valence-electron chi connectivity index (χ1n) is 8.13. The molecule has 1 N–H and O–H groups in total. The van der Waals surface area contributed by atoms with Crippen LogP contribution < -0.4 is 5.32 Å². The summed E-state index contributed by atoms with van der Waals surface area (Å²) in [6.45, 7) is 5.91. The molecule has 0 atom stereocenters. The third-order valence-electron chi connectivity index (χ3n) is 3.60. The second-order valence-corrected chi connectivity index (χ2v) is 6.26. The highest BCUT2D eigenvalue weighted by molar-refractivity contribution is 5.99. The summed E-state index contributed by atoms with van der Waals surface area (Å²) in [6.07, 6.45) is 0.705. The normalized spacial score (nSPS) is 10.8. The molecule has 7 heteroatoms. The molecule has 0 saturated carbocycles. The van der Waals surface area contributed by atoms with E-state index in [0.29, 0.717) is 24.6 Å². The molecule has 25 heavy (non-hydrogen) atoms. The molecule has 0 fully saturated rings. The Bertz CT molecular complexity index is 743. The Morgan fingerprint density at radius 1 is 1.32 bits per heavy atom. The maximum absolute atomic E-state index is 13.9. The monoisotopic (exact) mass is 347 g/mol. The molecule has 2 aromatic rings. The number of rotatable bonds is 7. The summed E-state index contributed by atoms with van der Waals surface area (Å²) >= 11 is 0. The number of nitrogens with one attached hydrogen (secondary N) is 1. The second kappa shape index (κ2) is 8.41. The molecule has 1 aromatic carbocycles. The van der Waals surface area contributed by atoms with Crippen LogP contribution in [0.3, 0.4) is 0 Å². The van der Waals surface area contributed by atoms with Crippen LogP contribution in [0.15, 0.2) is 34.9 Å². The van der Waals surface area contributed by atoms with Crippen molar-refractivity contribution >= 4 is 17.6 Å². The predicted octanol–water partition coefficient (Wildman–Crippen LogP) is 3.25. The highest BCUT2D eigenvalue weighted by Gasteiger charge is 2.22. The molecule has 0 saturated heterocycles. The quantitative estimate of drug-likeness (QED) is 0.834. The molecule has 0 aliphatic heterocycles. The van der Waals surface area contributed by atoms with Crippen molar-refractivity contribution < 1.29 is 18.5 Å². The Kier molecular flexibility index (Phi) is 6.27. The van der Waals surface area contributed by atoms with Crippen LogP contribution in [-0.4, -0.2) is 35.0 Å². The molecular weight excluding hydrogens is 325 g/mol. The summed E-state index contributed by atoms with van der Waals surface area (Å²) in [5.41, 5.74) is -0.0451. The molecule has 0 radical (unpaired) electrons. The standard InChI is InChI=1S/C18H22FN3O3/c1-12(2)8-9-22(18(24)14-6-4-5-7-15(14)19)11-17(23)20-16-10-13(3)25-21-16/h4-7,10,12H,8-9,11H2,1-3H3,(H,20,21,23). The molecule has 0 bridgehead atoms. The predicted molar refractivity (Wildman–Crippen MR) is 91.6 cm³/mol. The lowest BCUT2D eigenvalue weighted by atomic mass is 10.1. The maximum atomic E-state index is 13.9. The molecule has 0 aliphatic rings. The lowest BCUT2D eigenvalue weighted by molar-refractivity contribution is -0.117. The van der Waals surface area contributed by atoms with Gasteiger partial charge in [-0.25, -0.2) is 4.39 Å². The molecule has 1 aromatic heterocycles. The van der Waals surface area contributed by atoms with E-state index in [1.807, 2.05) is 13.8 Å². The van der Waals surface area contributed by atoms with E-state index >= 15 is 0 Å². The van der Waals surface area contributed by atoms with E-state index in [0.717, 1.165) is 0 Å². The van der Waals surface area contributed by atoms with E-state index in [4.69, 9.17) is 4.52 Å². The Hall–Kier alpha value is -2.70. The Balaban J connectivity index is 2.10. The van der Waals surface area contributed by atoms with Gasteiger partial charge in [-0.15, -0.1) is 0 Å². The first kappa shape index (κ1) is 18.6. The summed E-state index contributed by atoms with van der Waals surface area (Å²) in [4.78, 5) is 26.2. The van der Waals surface area contributed by atoms with Crippen LogP contribution in [0.2, 0.25) is 0 Å². The minimum absolute atomic E-state index is 0.0451. The highest BCUT2D eigenvalue weighted by Crippen LogP contribution is 2.13. The van der Waals surface area contributed by atoms with Crippen molar-refractivity contribution in [3.05, 3.63) is 47.5 Å². The number of aromatic nitrogens is 1. The number of carbonyl (C=O) groups is 2. The van der Waals surface area contributed by atoms with E-state index in [1.54, 1.807) is 19.1 Å². The fourth-order valence-electron chi connectivity index (χ4n) is 2.25. The van der Waals surface area contributed by atoms with Gasteiger partial charge in [0.2, 0.25) is 5.91 Å².